The van der Waals surface area contributed by atoms with Crippen LogP contribution in [0.2, 0.25) is 0 Å². The number of rotatable bonds is 8. The molecule has 0 radical (unpaired) electrons. The van der Waals surface area contributed by atoms with Gasteiger partial charge in [-0.2, -0.15) is 0 Å². The smallest absolute Gasteiger partial charge is 0.376 e. The van der Waals surface area contributed by atoms with Crippen molar-refractivity contribution in [2.24, 2.45) is 0 Å². The van der Waals surface area contributed by atoms with Crippen LogP contribution in [0.3, 0.4) is 0 Å². The number of nitrogens with zero attached hydrogens (tertiary/aromatic N) is 2. The van der Waals surface area contributed by atoms with E-state index in [0.29, 0.717) is 43.1 Å². The summed E-state index contributed by atoms with van der Waals surface area (Å²) in [4.78, 5) is 29.5. The lowest BCUT2D eigenvalue weighted by Gasteiger charge is -2.32. The number of anilines is 2. The molecule has 0 bridgehead atoms. The van der Waals surface area contributed by atoms with Crippen molar-refractivity contribution in [3.8, 4) is 11.1 Å². The van der Waals surface area contributed by atoms with Crippen LogP contribution in [0.25, 0.3) is 11.1 Å². The lowest BCUT2D eigenvalue weighted by Crippen LogP contribution is -2.32. The van der Waals surface area contributed by atoms with Crippen molar-refractivity contribution in [1.82, 2.24) is 0 Å². The number of carbonyl (C=O) groups excluding carboxylic acids is 1. The third kappa shape index (κ3) is 3.99. The second kappa shape index (κ2) is 9.26. The summed E-state index contributed by atoms with van der Waals surface area (Å²) in [6, 6.07) is 9.42. The molecule has 0 unspecified atom stereocenters. The van der Waals surface area contributed by atoms with E-state index in [0.717, 1.165) is 5.56 Å². The lowest BCUT2D eigenvalue weighted by molar-refractivity contribution is 0.0561. The molecule has 2 rings (SSSR count). The van der Waals surface area contributed by atoms with Crippen LogP contribution >= 0.6 is 0 Å². The van der Waals surface area contributed by atoms with Crippen molar-refractivity contribution in [2.45, 2.75) is 27.7 Å². The zero-order valence-corrected chi connectivity index (χ0v) is 16.7. The molecule has 0 aliphatic heterocycles. The molecule has 6 heteroatoms. The summed E-state index contributed by atoms with van der Waals surface area (Å²) in [5.74, 6) is -0.699. The Morgan fingerprint density at radius 3 is 1.93 bits per heavy atom. The van der Waals surface area contributed by atoms with Crippen molar-refractivity contribution in [2.75, 3.05) is 43.1 Å². The Bertz CT molecular complexity index is 822. The Kier molecular flexibility index (Phi) is 7.05. The van der Waals surface area contributed by atoms with E-state index < -0.39 is 11.6 Å². The molecule has 27 heavy (non-hydrogen) atoms. The minimum atomic E-state index is -0.651. The van der Waals surface area contributed by atoms with Crippen LogP contribution in [0.15, 0.2) is 39.5 Å². The Hall–Kier alpha value is -2.76. The van der Waals surface area contributed by atoms with Crippen molar-refractivity contribution < 1.29 is 13.9 Å². The van der Waals surface area contributed by atoms with E-state index in [4.69, 9.17) is 9.15 Å². The van der Waals surface area contributed by atoms with E-state index >= 15 is 0 Å². The zero-order chi connectivity index (χ0) is 20.0. The predicted octanol–water partition coefficient (Wildman–Crippen LogP) is 3.79. The molecule has 1 aromatic carbocycles. The first-order valence-electron chi connectivity index (χ1n) is 9.38. The fourth-order valence-electron chi connectivity index (χ4n) is 3.29. The maximum atomic E-state index is 12.9. The number of hydrogen-bond donors (Lipinski definition) is 0. The van der Waals surface area contributed by atoms with Crippen molar-refractivity contribution in [3.05, 3.63) is 46.5 Å². The molecule has 0 amide bonds. The van der Waals surface area contributed by atoms with E-state index in [1.807, 2.05) is 62.9 Å². The average Bonchev–Trinajstić information content (AvgIpc) is 2.70. The van der Waals surface area contributed by atoms with Gasteiger partial charge in [0, 0.05) is 26.2 Å². The van der Waals surface area contributed by atoms with Gasteiger partial charge in [0.15, 0.2) is 0 Å². The van der Waals surface area contributed by atoms with Crippen LogP contribution in [-0.4, -0.2) is 39.3 Å². The van der Waals surface area contributed by atoms with Gasteiger partial charge < -0.3 is 19.0 Å². The summed E-state index contributed by atoms with van der Waals surface area (Å²) in [6.45, 7) is 10.8. The number of benzene rings is 1. The summed E-state index contributed by atoms with van der Waals surface area (Å²) in [6.07, 6.45) is 0. The van der Waals surface area contributed by atoms with Gasteiger partial charge in [-0.1, -0.05) is 30.3 Å². The SMILES string of the molecule is CCN(CC)c1c(C(=O)OC)oc(=O)c(-c2ccccc2)c1N(CC)CC. The largest absolute Gasteiger partial charge is 0.463 e. The first kappa shape index (κ1) is 20.6. The normalized spacial score (nSPS) is 10.6. The minimum Gasteiger partial charge on any atom is -0.463 e. The second-order valence-corrected chi connectivity index (χ2v) is 5.99. The van der Waals surface area contributed by atoms with Crippen molar-refractivity contribution in [3.63, 3.8) is 0 Å². The summed E-state index contributed by atoms with van der Waals surface area (Å²) in [7, 11) is 1.29. The van der Waals surface area contributed by atoms with Gasteiger partial charge in [0.25, 0.3) is 0 Å². The molecular weight excluding hydrogens is 344 g/mol. The predicted molar refractivity (Wildman–Crippen MR) is 109 cm³/mol. The van der Waals surface area contributed by atoms with E-state index in [1.54, 1.807) is 0 Å². The lowest BCUT2D eigenvalue weighted by atomic mass is 10.0. The number of methoxy groups -OCH3 is 1. The van der Waals surface area contributed by atoms with E-state index in [9.17, 15) is 9.59 Å². The van der Waals surface area contributed by atoms with Crippen LogP contribution in [-0.2, 0) is 4.74 Å². The van der Waals surface area contributed by atoms with Crippen LogP contribution in [0.5, 0.6) is 0 Å². The second-order valence-electron chi connectivity index (χ2n) is 5.99. The first-order chi connectivity index (χ1) is 13.0. The third-order valence-electron chi connectivity index (χ3n) is 4.67. The van der Waals surface area contributed by atoms with Gasteiger partial charge in [0.05, 0.1) is 18.4 Å². The molecule has 0 fully saturated rings. The van der Waals surface area contributed by atoms with E-state index in [-0.39, 0.29) is 5.76 Å². The molecule has 1 heterocycles. The molecule has 2 aromatic rings. The number of esters is 1. The Morgan fingerprint density at radius 2 is 1.44 bits per heavy atom. The van der Waals surface area contributed by atoms with Crippen LogP contribution in [0.4, 0.5) is 11.4 Å². The Labute approximate surface area is 160 Å². The minimum absolute atomic E-state index is 0.0484. The van der Waals surface area contributed by atoms with Crippen molar-refractivity contribution >= 4 is 17.3 Å². The molecule has 0 aliphatic rings. The molecule has 146 valence electrons. The van der Waals surface area contributed by atoms with Crippen LogP contribution < -0.4 is 15.4 Å². The molecule has 0 spiro atoms. The zero-order valence-electron chi connectivity index (χ0n) is 16.7. The van der Waals surface area contributed by atoms with Gasteiger partial charge in [-0.15, -0.1) is 0 Å². The van der Waals surface area contributed by atoms with E-state index in [1.165, 1.54) is 7.11 Å². The molecule has 0 aliphatic carbocycles. The van der Waals surface area contributed by atoms with Crippen LogP contribution in [0.1, 0.15) is 38.2 Å². The first-order valence-corrected chi connectivity index (χ1v) is 9.38. The van der Waals surface area contributed by atoms with Crippen LogP contribution in [0, 0.1) is 0 Å². The summed E-state index contributed by atoms with van der Waals surface area (Å²) in [5.41, 5.74) is 2.01. The topological polar surface area (TPSA) is 63.0 Å². The highest BCUT2D eigenvalue weighted by molar-refractivity contribution is 6.00. The maximum absolute atomic E-state index is 12.9. The molecule has 0 saturated carbocycles. The van der Waals surface area contributed by atoms with Gasteiger partial charge >= 0.3 is 11.6 Å². The number of ether oxygens (including phenoxy) is 1. The fourth-order valence-corrected chi connectivity index (χ4v) is 3.29. The molecule has 1 aromatic heterocycles. The molecule has 0 saturated heterocycles. The maximum Gasteiger partial charge on any atom is 0.376 e. The fraction of sp³-hybridized carbons (Fsp3) is 0.429. The standard InChI is InChI=1S/C21H28N2O4/c1-6-22(7-2)17-16(15-13-11-10-12-14-15)20(24)27-19(21(25)26-5)18(17)23(8-3)9-4/h10-14H,6-9H2,1-5H3. The molecule has 0 atom stereocenters. The monoisotopic (exact) mass is 372 g/mol. The Morgan fingerprint density at radius 1 is 0.926 bits per heavy atom. The van der Waals surface area contributed by atoms with E-state index in [2.05, 4.69) is 4.90 Å². The number of carbonyl (C=O) groups is 1. The Balaban J connectivity index is 2.99. The van der Waals surface area contributed by atoms with Gasteiger partial charge in [-0.25, -0.2) is 9.59 Å². The summed E-state index contributed by atoms with van der Waals surface area (Å²) >= 11 is 0. The van der Waals surface area contributed by atoms with Gasteiger partial charge in [-0.05, 0) is 33.3 Å². The van der Waals surface area contributed by atoms with Crippen molar-refractivity contribution in [1.29, 1.82) is 0 Å². The third-order valence-corrected chi connectivity index (χ3v) is 4.67. The summed E-state index contributed by atoms with van der Waals surface area (Å²) < 4.78 is 10.4. The quantitative estimate of drug-likeness (QED) is 0.657. The van der Waals surface area contributed by atoms with Gasteiger partial charge in [-0.3, -0.25) is 0 Å². The highest BCUT2D eigenvalue weighted by Crippen LogP contribution is 2.39. The van der Waals surface area contributed by atoms with Gasteiger partial charge in [0.1, 0.15) is 5.69 Å². The highest BCUT2D eigenvalue weighted by Gasteiger charge is 2.30. The molecular formula is C21H28N2O4. The van der Waals surface area contributed by atoms with Gasteiger partial charge in [0.2, 0.25) is 5.76 Å². The molecule has 0 N–H and O–H groups in total. The molecule has 6 nitrogen and oxygen atoms in total. The average molecular weight is 372 g/mol. The number of hydrogen-bond acceptors (Lipinski definition) is 6. The summed E-state index contributed by atoms with van der Waals surface area (Å²) in [5, 5.41) is 0. The highest BCUT2D eigenvalue weighted by atomic mass is 16.5.